The van der Waals surface area contributed by atoms with Gasteiger partial charge in [-0.3, -0.25) is 4.68 Å². The lowest BCUT2D eigenvalue weighted by Gasteiger charge is -2.27. The maximum atomic E-state index is 10.7. The molecule has 1 aromatic heterocycles. The number of rotatable bonds is 3. The molecule has 1 fully saturated rings. The van der Waals surface area contributed by atoms with Crippen molar-refractivity contribution in [2.24, 2.45) is 13.0 Å². The Bertz CT molecular complexity index is 416. The number of aromatic nitrogens is 2. The van der Waals surface area contributed by atoms with Crippen LogP contribution < -0.4 is 0 Å². The van der Waals surface area contributed by atoms with E-state index >= 15 is 0 Å². The standard InChI is InChI=1S/C13H21BrN2O/c1-4-10-12(14)11(16(3)15-10)8-13(17)7-5-6-9(13)2/h9,17H,4-8H2,1-3H3. The Morgan fingerprint density at radius 3 is 2.76 bits per heavy atom. The van der Waals surface area contributed by atoms with Gasteiger partial charge in [-0.2, -0.15) is 5.10 Å². The third-order valence-corrected chi connectivity index (χ3v) is 5.06. The van der Waals surface area contributed by atoms with Crippen LogP contribution in [0.2, 0.25) is 0 Å². The molecule has 2 rings (SSSR count). The summed E-state index contributed by atoms with van der Waals surface area (Å²) in [5.41, 5.74) is 1.66. The summed E-state index contributed by atoms with van der Waals surface area (Å²) in [4.78, 5) is 0. The Hall–Kier alpha value is -0.350. The van der Waals surface area contributed by atoms with Gasteiger partial charge in [0.15, 0.2) is 0 Å². The van der Waals surface area contributed by atoms with Crippen LogP contribution in [0.4, 0.5) is 0 Å². The maximum Gasteiger partial charge on any atom is 0.0766 e. The summed E-state index contributed by atoms with van der Waals surface area (Å²) in [6.45, 7) is 4.25. The molecular formula is C13H21BrN2O. The molecule has 96 valence electrons. The molecule has 1 N–H and O–H groups in total. The summed E-state index contributed by atoms with van der Waals surface area (Å²) in [5.74, 6) is 0.384. The van der Waals surface area contributed by atoms with Gasteiger partial charge in [-0.25, -0.2) is 0 Å². The first-order chi connectivity index (χ1) is 7.98. The van der Waals surface area contributed by atoms with Gasteiger partial charge < -0.3 is 5.11 Å². The molecule has 2 unspecified atom stereocenters. The molecule has 0 radical (unpaired) electrons. The molecule has 2 atom stereocenters. The van der Waals surface area contributed by atoms with E-state index in [1.807, 2.05) is 11.7 Å². The van der Waals surface area contributed by atoms with Crippen molar-refractivity contribution in [1.82, 2.24) is 9.78 Å². The molecule has 1 saturated carbocycles. The number of hydrogen-bond acceptors (Lipinski definition) is 2. The Balaban J connectivity index is 2.27. The number of hydrogen-bond donors (Lipinski definition) is 1. The van der Waals surface area contributed by atoms with Gasteiger partial charge in [-0.05, 0) is 41.1 Å². The highest BCUT2D eigenvalue weighted by atomic mass is 79.9. The molecule has 0 aromatic carbocycles. The Labute approximate surface area is 111 Å². The first-order valence-corrected chi connectivity index (χ1v) is 7.20. The van der Waals surface area contributed by atoms with Crippen LogP contribution >= 0.6 is 15.9 Å². The van der Waals surface area contributed by atoms with E-state index in [0.29, 0.717) is 12.3 Å². The lowest BCUT2D eigenvalue weighted by atomic mass is 9.87. The monoisotopic (exact) mass is 300 g/mol. The van der Waals surface area contributed by atoms with Crippen molar-refractivity contribution in [1.29, 1.82) is 0 Å². The SMILES string of the molecule is CCc1nn(C)c(CC2(O)CCCC2C)c1Br. The van der Waals surface area contributed by atoms with Crippen molar-refractivity contribution in [3.63, 3.8) is 0 Å². The minimum absolute atomic E-state index is 0.384. The number of nitrogens with zero attached hydrogens (tertiary/aromatic N) is 2. The smallest absolute Gasteiger partial charge is 0.0766 e. The van der Waals surface area contributed by atoms with Gasteiger partial charge in [0, 0.05) is 13.5 Å². The van der Waals surface area contributed by atoms with Crippen LogP contribution in [0.1, 0.15) is 44.5 Å². The van der Waals surface area contributed by atoms with E-state index in [0.717, 1.165) is 41.5 Å². The Morgan fingerprint density at radius 2 is 2.29 bits per heavy atom. The van der Waals surface area contributed by atoms with Crippen molar-refractivity contribution in [3.8, 4) is 0 Å². The third kappa shape index (κ3) is 2.29. The number of aliphatic hydroxyl groups is 1. The zero-order chi connectivity index (χ0) is 12.6. The zero-order valence-electron chi connectivity index (χ0n) is 10.8. The topological polar surface area (TPSA) is 38.0 Å². The maximum absolute atomic E-state index is 10.7. The van der Waals surface area contributed by atoms with E-state index in [-0.39, 0.29) is 0 Å². The normalized spacial score (nSPS) is 28.9. The fraction of sp³-hybridized carbons (Fsp3) is 0.769. The molecule has 1 aromatic rings. The second-order valence-electron chi connectivity index (χ2n) is 5.26. The molecule has 1 aliphatic rings. The van der Waals surface area contributed by atoms with Crippen molar-refractivity contribution < 1.29 is 5.11 Å². The molecular weight excluding hydrogens is 280 g/mol. The van der Waals surface area contributed by atoms with Crippen LogP contribution in [0.15, 0.2) is 4.47 Å². The van der Waals surface area contributed by atoms with Gasteiger partial charge in [-0.15, -0.1) is 0 Å². The minimum atomic E-state index is -0.540. The molecule has 0 spiro atoms. The number of aryl methyl sites for hydroxylation is 2. The molecule has 17 heavy (non-hydrogen) atoms. The second kappa shape index (κ2) is 4.73. The highest BCUT2D eigenvalue weighted by Crippen LogP contribution is 2.39. The van der Waals surface area contributed by atoms with Gasteiger partial charge in [0.2, 0.25) is 0 Å². The van der Waals surface area contributed by atoms with E-state index in [2.05, 4.69) is 34.9 Å². The highest BCUT2D eigenvalue weighted by Gasteiger charge is 2.39. The lowest BCUT2D eigenvalue weighted by Crippen LogP contribution is -2.35. The van der Waals surface area contributed by atoms with E-state index in [1.54, 1.807) is 0 Å². The molecule has 3 nitrogen and oxygen atoms in total. The molecule has 0 aliphatic heterocycles. The van der Waals surface area contributed by atoms with Gasteiger partial charge in [0.1, 0.15) is 0 Å². The van der Waals surface area contributed by atoms with Gasteiger partial charge >= 0.3 is 0 Å². The third-order valence-electron chi connectivity index (χ3n) is 4.14. The van der Waals surface area contributed by atoms with Crippen LogP contribution in [0.5, 0.6) is 0 Å². The number of halogens is 1. The quantitative estimate of drug-likeness (QED) is 0.932. The summed E-state index contributed by atoms with van der Waals surface area (Å²) in [7, 11) is 1.96. The minimum Gasteiger partial charge on any atom is -0.389 e. The van der Waals surface area contributed by atoms with Crippen LogP contribution in [-0.4, -0.2) is 20.5 Å². The average molecular weight is 301 g/mol. The molecule has 4 heteroatoms. The fourth-order valence-electron chi connectivity index (χ4n) is 2.79. The Kier molecular flexibility index (Phi) is 3.64. The van der Waals surface area contributed by atoms with Crippen LogP contribution in [-0.2, 0) is 19.9 Å². The first kappa shape index (κ1) is 13.1. The van der Waals surface area contributed by atoms with Crippen molar-refractivity contribution in [2.75, 3.05) is 0 Å². The van der Waals surface area contributed by atoms with E-state index in [1.165, 1.54) is 0 Å². The predicted octanol–water partition coefficient (Wildman–Crippen LogP) is 2.84. The highest BCUT2D eigenvalue weighted by molar-refractivity contribution is 9.10. The summed E-state index contributed by atoms with van der Waals surface area (Å²) >= 11 is 3.62. The van der Waals surface area contributed by atoms with Crippen LogP contribution in [0, 0.1) is 5.92 Å². The average Bonchev–Trinajstić information content (AvgIpc) is 2.74. The van der Waals surface area contributed by atoms with Gasteiger partial charge in [0.25, 0.3) is 0 Å². The van der Waals surface area contributed by atoms with Crippen molar-refractivity contribution in [3.05, 3.63) is 15.9 Å². The Morgan fingerprint density at radius 1 is 1.59 bits per heavy atom. The predicted molar refractivity (Wildman–Crippen MR) is 72.0 cm³/mol. The second-order valence-corrected chi connectivity index (χ2v) is 6.05. The molecule has 1 aliphatic carbocycles. The molecule has 0 amide bonds. The zero-order valence-corrected chi connectivity index (χ0v) is 12.4. The van der Waals surface area contributed by atoms with Gasteiger partial charge in [0.05, 0.1) is 21.5 Å². The largest absolute Gasteiger partial charge is 0.389 e. The molecule has 0 saturated heterocycles. The summed E-state index contributed by atoms with van der Waals surface area (Å²) in [6.07, 6.45) is 4.80. The lowest BCUT2D eigenvalue weighted by molar-refractivity contribution is 0.00780. The summed E-state index contributed by atoms with van der Waals surface area (Å²) in [6, 6.07) is 0. The molecule has 1 heterocycles. The van der Waals surface area contributed by atoms with E-state index in [4.69, 9.17) is 0 Å². The van der Waals surface area contributed by atoms with Crippen molar-refractivity contribution in [2.45, 2.75) is 51.6 Å². The van der Waals surface area contributed by atoms with Crippen LogP contribution in [0.3, 0.4) is 0 Å². The van der Waals surface area contributed by atoms with Crippen LogP contribution in [0.25, 0.3) is 0 Å². The summed E-state index contributed by atoms with van der Waals surface area (Å²) in [5, 5.41) is 15.2. The van der Waals surface area contributed by atoms with E-state index < -0.39 is 5.60 Å². The molecule has 0 bridgehead atoms. The van der Waals surface area contributed by atoms with Crippen molar-refractivity contribution >= 4 is 15.9 Å². The fourth-order valence-corrected chi connectivity index (χ4v) is 3.55. The summed E-state index contributed by atoms with van der Waals surface area (Å²) < 4.78 is 2.99. The van der Waals surface area contributed by atoms with Gasteiger partial charge in [-0.1, -0.05) is 20.3 Å². The first-order valence-electron chi connectivity index (χ1n) is 6.40. The van der Waals surface area contributed by atoms with E-state index in [9.17, 15) is 5.11 Å².